The van der Waals surface area contributed by atoms with Crippen LogP contribution in [0.1, 0.15) is 50.5 Å². The van der Waals surface area contributed by atoms with E-state index in [4.69, 9.17) is 16.3 Å². The molecule has 3 heterocycles. The lowest BCUT2D eigenvalue weighted by Crippen LogP contribution is -2.23. The van der Waals surface area contributed by atoms with Crippen molar-refractivity contribution in [3.8, 4) is 11.8 Å². The van der Waals surface area contributed by atoms with Crippen LogP contribution in [-0.4, -0.2) is 35.5 Å². The number of ether oxygens (including phenoxy) is 1. The van der Waals surface area contributed by atoms with Gasteiger partial charge >= 0.3 is 0 Å². The van der Waals surface area contributed by atoms with E-state index in [1.165, 1.54) is 19.3 Å². The highest BCUT2D eigenvalue weighted by Gasteiger charge is 2.39. The lowest BCUT2D eigenvalue weighted by molar-refractivity contribution is 0.0987. The number of halogens is 1. The van der Waals surface area contributed by atoms with E-state index in [1.54, 1.807) is 6.20 Å². The predicted molar refractivity (Wildman–Crippen MR) is 103 cm³/mol. The van der Waals surface area contributed by atoms with Crippen LogP contribution in [0.4, 0.5) is 5.69 Å². The van der Waals surface area contributed by atoms with Crippen LogP contribution in [0.3, 0.4) is 0 Å². The molecule has 1 unspecified atom stereocenters. The first-order valence-electron chi connectivity index (χ1n) is 9.88. The third-order valence-electron chi connectivity index (χ3n) is 6.17. The third kappa shape index (κ3) is 4.17. The van der Waals surface area contributed by atoms with Gasteiger partial charge in [0.05, 0.1) is 23.5 Å². The van der Waals surface area contributed by atoms with Crippen LogP contribution in [0.2, 0.25) is 5.15 Å². The van der Waals surface area contributed by atoms with E-state index in [9.17, 15) is 5.11 Å². The van der Waals surface area contributed by atoms with Gasteiger partial charge in [0.2, 0.25) is 0 Å². The quantitative estimate of drug-likeness (QED) is 0.620. The summed E-state index contributed by atoms with van der Waals surface area (Å²) in [5, 5.41) is 13.3. The molecule has 1 aliphatic carbocycles. The van der Waals surface area contributed by atoms with Gasteiger partial charge in [0.15, 0.2) is 0 Å². The standard InChI is InChI=1S/C21H27ClN2O2/c22-21-10-19(23-11-14-1-3-15(13-25)4-2-14)17(12-24-21)6-5-16-9-18-7-8-20(16)26-18/h10,12,14-16,18,20,25H,1-4,7-9,11,13H2,(H,23,24)/t14?,15?,16?,18-,20-/m1/s1. The molecule has 2 N–H and O–H groups in total. The fourth-order valence-electron chi connectivity index (χ4n) is 4.51. The largest absolute Gasteiger partial charge is 0.396 e. The molecular weight excluding hydrogens is 348 g/mol. The summed E-state index contributed by atoms with van der Waals surface area (Å²) >= 11 is 6.11. The van der Waals surface area contributed by atoms with Gasteiger partial charge in [0.1, 0.15) is 5.15 Å². The van der Waals surface area contributed by atoms with Crippen molar-refractivity contribution < 1.29 is 9.84 Å². The van der Waals surface area contributed by atoms with Gasteiger partial charge in [0, 0.05) is 25.3 Å². The van der Waals surface area contributed by atoms with Gasteiger partial charge < -0.3 is 15.2 Å². The molecule has 1 aromatic rings. The number of aliphatic hydroxyl groups is 1. The molecule has 3 fully saturated rings. The number of anilines is 1. The topological polar surface area (TPSA) is 54.4 Å². The first kappa shape index (κ1) is 18.1. The first-order chi connectivity index (χ1) is 12.7. The molecule has 3 atom stereocenters. The van der Waals surface area contributed by atoms with Crippen molar-refractivity contribution in [2.75, 3.05) is 18.5 Å². The molecule has 1 aromatic heterocycles. The second kappa shape index (κ2) is 8.17. The lowest BCUT2D eigenvalue weighted by Gasteiger charge is -2.27. The Bertz CT molecular complexity index is 691. The Morgan fingerprint density at radius 1 is 1.19 bits per heavy atom. The van der Waals surface area contributed by atoms with E-state index in [0.717, 1.165) is 43.5 Å². The van der Waals surface area contributed by atoms with Crippen molar-refractivity contribution in [1.29, 1.82) is 0 Å². The molecule has 0 amide bonds. The average molecular weight is 375 g/mol. The number of aromatic nitrogens is 1. The van der Waals surface area contributed by atoms with Crippen LogP contribution in [0.25, 0.3) is 0 Å². The van der Waals surface area contributed by atoms with E-state index < -0.39 is 0 Å². The molecular formula is C21H27ClN2O2. The Kier molecular flexibility index (Phi) is 5.69. The summed E-state index contributed by atoms with van der Waals surface area (Å²) in [5.41, 5.74) is 1.90. The molecule has 0 spiro atoms. The summed E-state index contributed by atoms with van der Waals surface area (Å²) in [6, 6.07) is 1.88. The fourth-order valence-corrected chi connectivity index (χ4v) is 4.67. The van der Waals surface area contributed by atoms with Crippen LogP contribution >= 0.6 is 11.6 Å². The molecule has 140 valence electrons. The van der Waals surface area contributed by atoms with Gasteiger partial charge in [-0.05, 0) is 62.8 Å². The van der Waals surface area contributed by atoms with Crippen LogP contribution in [0, 0.1) is 29.6 Å². The van der Waals surface area contributed by atoms with E-state index in [-0.39, 0.29) is 0 Å². The van der Waals surface area contributed by atoms with E-state index in [2.05, 4.69) is 22.1 Å². The average Bonchev–Trinajstić information content (AvgIpc) is 3.29. The van der Waals surface area contributed by atoms with Gasteiger partial charge in [-0.15, -0.1) is 0 Å². The number of aliphatic hydroxyl groups excluding tert-OH is 1. The normalized spacial score (nSPS) is 32.9. The number of nitrogens with one attached hydrogen (secondary N) is 1. The Balaban J connectivity index is 1.39. The number of hydrogen-bond acceptors (Lipinski definition) is 4. The van der Waals surface area contributed by atoms with Crippen molar-refractivity contribution >= 4 is 17.3 Å². The van der Waals surface area contributed by atoms with Gasteiger partial charge in [0.25, 0.3) is 0 Å². The monoisotopic (exact) mass is 374 g/mol. The van der Waals surface area contributed by atoms with Crippen molar-refractivity contribution in [2.45, 2.75) is 57.2 Å². The number of hydrogen-bond donors (Lipinski definition) is 2. The maximum Gasteiger partial charge on any atom is 0.131 e. The summed E-state index contributed by atoms with van der Waals surface area (Å²) in [4.78, 5) is 4.21. The molecule has 26 heavy (non-hydrogen) atoms. The molecule has 4 rings (SSSR count). The minimum Gasteiger partial charge on any atom is -0.396 e. The first-order valence-corrected chi connectivity index (χ1v) is 10.3. The zero-order chi connectivity index (χ0) is 17.9. The van der Waals surface area contributed by atoms with E-state index in [1.807, 2.05) is 6.07 Å². The molecule has 1 saturated carbocycles. The highest BCUT2D eigenvalue weighted by molar-refractivity contribution is 6.29. The summed E-state index contributed by atoms with van der Waals surface area (Å²) in [6.45, 7) is 1.25. The van der Waals surface area contributed by atoms with Gasteiger partial charge in [-0.1, -0.05) is 23.4 Å². The van der Waals surface area contributed by atoms with Crippen LogP contribution in [-0.2, 0) is 4.74 Å². The summed E-state index contributed by atoms with van der Waals surface area (Å²) < 4.78 is 5.89. The van der Waals surface area contributed by atoms with Crippen LogP contribution < -0.4 is 5.32 Å². The van der Waals surface area contributed by atoms with Crippen molar-refractivity contribution in [3.05, 3.63) is 23.0 Å². The van der Waals surface area contributed by atoms with Gasteiger partial charge in [-0.2, -0.15) is 0 Å². The van der Waals surface area contributed by atoms with Crippen LogP contribution in [0.5, 0.6) is 0 Å². The number of nitrogens with zero attached hydrogens (tertiary/aromatic N) is 1. The van der Waals surface area contributed by atoms with E-state index in [0.29, 0.717) is 41.7 Å². The summed E-state index contributed by atoms with van der Waals surface area (Å²) in [5.74, 6) is 8.23. The Morgan fingerprint density at radius 2 is 2.00 bits per heavy atom. The molecule has 3 aliphatic rings. The van der Waals surface area contributed by atoms with Crippen molar-refractivity contribution in [1.82, 2.24) is 4.98 Å². The molecule has 0 aromatic carbocycles. The maximum absolute atomic E-state index is 9.28. The minimum atomic E-state index is 0.325. The number of fused-ring (bicyclic) bond motifs is 2. The molecule has 2 saturated heterocycles. The van der Waals surface area contributed by atoms with Crippen molar-refractivity contribution in [2.24, 2.45) is 17.8 Å². The smallest absolute Gasteiger partial charge is 0.131 e. The lowest BCUT2D eigenvalue weighted by atomic mass is 9.82. The molecule has 5 heteroatoms. The molecule has 2 aliphatic heterocycles. The van der Waals surface area contributed by atoms with Gasteiger partial charge in [-0.3, -0.25) is 0 Å². The van der Waals surface area contributed by atoms with Crippen molar-refractivity contribution in [3.63, 3.8) is 0 Å². The molecule has 4 nitrogen and oxygen atoms in total. The Morgan fingerprint density at radius 3 is 2.69 bits per heavy atom. The molecule has 2 bridgehead atoms. The van der Waals surface area contributed by atoms with Gasteiger partial charge in [-0.25, -0.2) is 4.98 Å². The second-order valence-electron chi connectivity index (χ2n) is 7.99. The molecule has 0 radical (unpaired) electrons. The predicted octanol–water partition coefficient (Wildman–Crippen LogP) is 3.86. The zero-order valence-corrected chi connectivity index (χ0v) is 15.8. The third-order valence-corrected chi connectivity index (χ3v) is 6.38. The fraction of sp³-hybridized carbons (Fsp3) is 0.667. The maximum atomic E-state index is 9.28. The SMILES string of the molecule is OCC1CCC(CNc2cc(Cl)ncc2C#CC2C[C@H]3CC[C@H]2O3)CC1. The Labute approximate surface area is 160 Å². The summed E-state index contributed by atoms with van der Waals surface area (Å²) in [6.07, 6.45) is 10.5. The number of pyridine rings is 1. The highest BCUT2D eigenvalue weighted by Crippen LogP contribution is 2.38. The number of rotatable bonds is 4. The van der Waals surface area contributed by atoms with Crippen LogP contribution in [0.15, 0.2) is 12.3 Å². The van der Waals surface area contributed by atoms with E-state index >= 15 is 0 Å². The zero-order valence-electron chi connectivity index (χ0n) is 15.1. The highest BCUT2D eigenvalue weighted by atomic mass is 35.5. The minimum absolute atomic E-state index is 0.325. The Hall–Kier alpha value is -1.28. The summed E-state index contributed by atoms with van der Waals surface area (Å²) in [7, 11) is 0. The second-order valence-corrected chi connectivity index (χ2v) is 8.38.